The highest BCUT2D eigenvalue weighted by atomic mass is 35.5. The first-order valence-corrected chi connectivity index (χ1v) is 7.24. The molecular formula is C12H8Cl2O4S. The summed E-state index contributed by atoms with van der Waals surface area (Å²) in [6.45, 7) is 0. The predicted octanol–water partition coefficient (Wildman–Crippen LogP) is 3.47. The van der Waals surface area contributed by atoms with Crippen molar-refractivity contribution in [2.24, 2.45) is 0 Å². The van der Waals surface area contributed by atoms with Gasteiger partial charge in [-0.25, -0.2) is 0 Å². The van der Waals surface area contributed by atoms with Gasteiger partial charge in [0.05, 0.1) is 5.02 Å². The minimum absolute atomic E-state index is 0.0815. The number of phenols is 1. The van der Waals surface area contributed by atoms with Gasteiger partial charge >= 0.3 is 10.1 Å². The van der Waals surface area contributed by atoms with Gasteiger partial charge < -0.3 is 9.29 Å². The van der Waals surface area contributed by atoms with Gasteiger partial charge in [0.1, 0.15) is 5.75 Å². The molecule has 1 N–H and O–H groups in total. The molecule has 0 saturated heterocycles. The van der Waals surface area contributed by atoms with Crippen LogP contribution < -0.4 is 4.18 Å². The Morgan fingerprint density at radius 2 is 1.68 bits per heavy atom. The summed E-state index contributed by atoms with van der Waals surface area (Å²) in [5.74, 6) is -0.472. The molecule has 0 amide bonds. The van der Waals surface area contributed by atoms with E-state index < -0.39 is 20.8 Å². The van der Waals surface area contributed by atoms with Gasteiger partial charge in [0.2, 0.25) is 0 Å². The average Bonchev–Trinajstić information content (AvgIpc) is 2.34. The summed E-state index contributed by atoms with van der Waals surface area (Å²) in [5, 5.41) is 9.60. The van der Waals surface area contributed by atoms with E-state index >= 15 is 0 Å². The number of rotatable bonds is 3. The molecule has 0 radical (unpaired) electrons. The van der Waals surface area contributed by atoms with Crippen molar-refractivity contribution in [3.63, 3.8) is 0 Å². The van der Waals surface area contributed by atoms with E-state index in [0.29, 0.717) is 0 Å². The summed E-state index contributed by atoms with van der Waals surface area (Å²) < 4.78 is 28.9. The molecule has 0 aliphatic heterocycles. The normalized spacial score (nSPS) is 11.3. The van der Waals surface area contributed by atoms with Crippen LogP contribution in [0.1, 0.15) is 0 Å². The third kappa shape index (κ3) is 3.12. The van der Waals surface area contributed by atoms with Crippen LogP contribution in [-0.2, 0) is 10.1 Å². The molecule has 0 aliphatic carbocycles. The Labute approximate surface area is 120 Å². The van der Waals surface area contributed by atoms with E-state index in [0.717, 1.165) is 6.07 Å². The third-order valence-electron chi connectivity index (χ3n) is 2.21. The molecule has 0 aliphatic rings. The van der Waals surface area contributed by atoms with Crippen molar-refractivity contribution >= 4 is 33.3 Å². The summed E-state index contributed by atoms with van der Waals surface area (Å²) >= 11 is 11.4. The number of benzene rings is 2. The summed E-state index contributed by atoms with van der Waals surface area (Å²) in [5.41, 5.74) is 0. The topological polar surface area (TPSA) is 63.6 Å². The lowest BCUT2D eigenvalue weighted by molar-refractivity contribution is 0.445. The van der Waals surface area contributed by atoms with Gasteiger partial charge in [0.25, 0.3) is 0 Å². The van der Waals surface area contributed by atoms with E-state index in [1.807, 2.05) is 0 Å². The highest BCUT2D eigenvalue weighted by molar-refractivity contribution is 7.87. The molecule has 0 fully saturated rings. The molecule has 0 bridgehead atoms. The number of hydrogen-bond acceptors (Lipinski definition) is 4. The molecular weight excluding hydrogens is 311 g/mol. The van der Waals surface area contributed by atoms with Crippen molar-refractivity contribution in [1.29, 1.82) is 0 Å². The molecule has 0 heterocycles. The molecule has 19 heavy (non-hydrogen) atoms. The van der Waals surface area contributed by atoms with Crippen molar-refractivity contribution in [2.75, 3.05) is 0 Å². The lowest BCUT2D eigenvalue weighted by atomic mass is 10.3. The molecule has 0 spiro atoms. The fraction of sp³-hybridized carbons (Fsp3) is 0. The van der Waals surface area contributed by atoms with Crippen LogP contribution in [0.25, 0.3) is 0 Å². The van der Waals surface area contributed by atoms with E-state index in [2.05, 4.69) is 0 Å². The monoisotopic (exact) mass is 318 g/mol. The smallest absolute Gasteiger partial charge is 0.343 e. The zero-order chi connectivity index (χ0) is 14.0. The zero-order valence-electron chi connectivity index (χ0n) is 9.38. The van der Waals surface area contributed by atoms with Crippen molar-refractivity contribution in [3.8, 4) is 11.5 Å². The number of aromatic hydroxyl groups is 1. The molecule has 0 saturated carbocycles. The Morgan fingerprint density at radius 1 is 1.05 bits per heavy atom. The molecule has 7 heteroatoms. The average molecular weight is 319 g/mol. The van der Waals surface area contributed by atoms with E-state index in [-0.39, 0.29) is 15.8 Å². The summed E-state index contributed by atoms with van der Waals surface area (Å²) in [7, 11) is -4.21. The Bertz CT molecular complexity index is 699. The Balaban J connectivity index is 2.46. The number of hydrogen-bond donors (Lipinski definition) is 1. The highest BCUT2D eigenvalue weighted by Gasteiger charge is 2.23. The molecule has 4 nitrogen and oxygen atoms in total. The van der Waals surface area contributed by atoms with Crippen molar-refractivity contribution in [2.45, 2.75) is 4.90 Å². The number of phenolic OH excluding ortho intramolecular Hbond substituents is 1. The van der Waals surface area contributed by atoms with Crippen LogP contribution in [0.5, 0.6) is 11.5 Å². The quantitative estimate of drug-likeness (QED) is 0.880. The molecule has 2 aromatic carbocycles. The fourth-order valence-corrected chi connectivity index (χ4v) is 3.07. The molecule has 0 aromatic heterocycles. The van der Waals surface area contributed by atoms with Gasteiger partial charge in [-0.1, -0.05) is 41.4 Å². The summed E-state index contributed by atoms with van der Waals surface area (Å²) in [4.78, 5) is -0.478. The Hall–Kier alpha value is -1.43. The maximum Gasteiger partial charge on any atom is 0.343 e. The first-order chi connectivity index (χ1) is 8.90. The highest BCUT2D eigenvalue weighted by Crippen LogP contribution is 2.35. The van der Waals surface area contributed by atoms with E-state index in [9.17, 15) is 13.5 Å². The van der Waals surface area contributed by atoms with E-state index in [1.165, 1.54) is 18.2 Å². The van der Waals surface area contributed by atoms with Crippen LogP contribution in [0.4, 0.5) is 0 Å². The van der Waals surface area contributed by atoms with Crippen LogP contribution >= 0.6 is 23.2 Å². The molecule has 2 rings (SSSR count). The maximum atomic E-state index is 12.0. The first kappa shape index (κ1) is 14.0. The lowest BCUT2D eigenvalue weighted by Gasteiger charge is -2.09. The second-order valence-electron chi connectivity index (χ2n) is 3.58. The van der Waals surface area contributed by atoms with E-state index in [1.54, 1.807) is 18.2 Å². The van der Waals surface area contributed by atoms with Crippen LogP contribution in [0, 0.1) is 0 Å². The molecule has 0 atom stereocenters. The second-order valence-corrected chi connectivity index (χ2v) is 5.94. The largest absolute Gasteiger partial charge is 0.505 e. The fourth-order valence-electron chi connectivity index (χ4n) is 1.38. The summed E-state index contributed by atoms with van der Waals surface area (Å²) in [6, 6.07) is 10.2. The van der Waals surface area contributed by atoms with Gasteiger partial charge in [-0.3, -0.25) is 0 Å². The van der Waals surface area contributed by atoms with Crippen molar-refractivity contribution < 1.29 is 17.7 Å². The zero-order valence-corrected chi connectivity index (χ0v) is 11.7. The summed E-state index contributed by atoms with van der Waals surface area (Å²) in [6.07, 6.45) is 0. The van der Waals surface area contributed by atoms with Crippen LogP contribution in [0.15, 0.2) is 47.4 Å². The lowest BCUT2D eigenvalue weighted by Crippen LogP contribution is -2.10. The van der Waals surface area contributed by atoms with Gasteiger partial charge in [-0.15, -0.1) is 0 Å². The molecule has 0 unspecified atom stereocenters. The number of halogens is 2. The van der Waals surface area contributed by atoms with Gasteiger partial charge in [0, 0.05) is 5.02 Å². The minimum atomic E-state index is -4.21. The van der Waals surface area contributed by atoms with Crippen molar-refractivity contribution in [3.05, 3.63) is 52.5 Å². The first-order valence-electron chi connectivity index (χ1n) is 5.08. The van der Waals surface area contributed by atoms with E-state index in [4.69, 9.17) is 27.4 Å². The molecule has 2 aromatic rings. The minimum Gasteiger partial charge on any atom is -0.505 e. The SMILES string of the molecule is O=S(=O)(Oc1ccccc1)c1cc(Cl)cc(Cl)c1O. The van der Waals surface area contributed by atoms with Gasteiger partial charge in [-0.2, -0.15) is 8.42 Å². The van der Waals surface area contributed by atoms with Gasteiger partial charge in [-0.05, 0) is 24.3 Å². The standard InChI is InChI=1S/C12H8Cl2O4S/c13-8-6-10(14)12(15)11(7-8)19(16,17)18-9-4-2-1-3-5-9/h1-7,15H. The van der Waals surface area contributed by atoms with Crippen molar-refractivity contribution in [1.82, 2.24) is 0 Å². The van der Waals surface area contributed by atoms with Gasteiger partial charge in [0.15, 0.2) is 10.6 Å². The second kappa shape index (κ2) is 5.28. The van der Waals surface area contributed by atoms with Crippen LogP contribution in [-0.4, -0.2) is 13.5 Å². The van der Waals surface area contributed by atoms with Crippen LogP contribution in [0.3, 0.4) is 0 Å². The Kier molecular flexibility index (Phi) is 3.89. The Morgan fingerprint density at radius 3 is 2.32 bits per heavy atom. The predicted molar refractivity (Wildman–Crippen MR) is 72.4 cm³/mol. The third-order valence-corrected chi connectivity index (χ3v) is 3.98. The number of para-hydroxylation sites is 1. The maximum absolute atomic E-state index is 12.0. The van der Waals surface area contributed by atoms with Crippen LogP contribution in [0.2, 0.25) is 10.0 Å². The molecule has 100 valence electrons.